The summed E-state index contributed by atoms with van der Waals surface area (Å²) in [7, 11) is 0. The van der Waals surface area contributed by atoms with E-state index < -0.39 is 11.7 Å². The minimum Gasteiger partial charge on any atom is -0.327 e. The van der Waals surface area contributed by atoms with E-state index in [-0.39, 0.29) is 23.8 Å². The van der Waals surface area contributed by atoms with Crippen LogP contribution < -0.4 is 4.90 Å². The minimum atomic E-state index is -4.43. The Bertz CT molecular complexity index is 485. The van der Waals surface area contributed by atoms with Crippen LogP contribution in [-0.2, 0) is 11.0 Å². The molecular formula is C11H10F3N3O. The van der Waals surface area contributed by atoms with E-state index in [2.05, 4.69) is 9.97 Å². The molecule has 7 heteroatoms. The molecule has 0 aliphatic carbocycles. The van der Waals surface area contributed by atoms with Crippen molar-refractivity contribution in [3.63, 3.8) is 0 Å². The first-order valence-corrected chi connectivity index (χ1v) is 5.67. The van der Waals surface area contributed by atoms with E-state index in [4.69, 9.17) is 0 Å². The number of rotatable bonds is 1. The Balaban J connectivity index is 1.88. The average Bonchev–Trinajstić information content (AvgIpc) is 2.84. The second-order valence-corrected chi connectivity index (χ2v) is 4.59. The number of carbonyl (C=O) groups is 1. The van der Waals surface area contributed by atoms with Gasteiger partial charge in [-0.25, -0.2) is 9.97 Å². The number of fused-ring (bicyclic) bond motifs is 2. The molecule has 96 valence electrons. The van der Waals surface area contributed by atoms with Crippen molar-refractivity contribution in [1.82, 2.24) is 9.97 Å². The Morgan fingerprint density at radius 2 is 1.89 bits per heavy atom. The summed E-state index contributed by atoms with van der Waals surface area (Å²) in [4.78, 5) is 20.8. The maximum Gasteiger partial charge on any atom is 0.419 e. The normalized spacial score (nSPS) is 27.1. The minimum absolute atomic E-state index is 0.0548. The van der Waals surface area contributed by atoms with Crippen molar-refractivity contribution < 1.29 is 18.0 Å². The van der Waals surface area contributed by atoms with Gasteiger partial charge in [0.25, 0.3) is 0 Å². The molecule has 0 aromatic carbocycles. The van der Waals surface area contributed by atoms with Gasteiger partial charge in [-0.3, -0.25) is 4.79 Å². The number of halogens is 3. The fourth-order valence-corrected chi connectivity index (χ4v) is 2.67. The molecule has 0 amide bonds. The van der Waals surface area contributed by atoms with Gasteiger partial charge in [0.05, 0.1) is 11.6 Å². The van der Waals surface area contributed by atoms with E-state index >= 15 is 0 Å². The van der Waals surface area contributed by atoms with Gasteiger partial charge in [0.15, 0.2) is 5.78 Å². The van der Waals surface area contributed by atoms with Crippen molar-refractivity contribution in [3.05, 3.63) is 18.0 Å². The van der Waals surface area contributed by atoms with Gasteiger partial charge in [-0.15, -0.1) is 0 Å². The summed E-state index contributed by atoms with van der Waals surface area (Å²) >= 11 is 0. The number of ketones is 1. The maximum atomic E-state index is 12.4. The highest BCUT2D eigenvalue weighted by molar-refractivity contribution is 5.92. The van der Waals surface area contributed by atoms with Crippen molar-refractivity contribution in [3.8, 4) is 0 Å². The summed E-state index contributed by atoms with van der Waals surface area (Å²) < 4.78 is 37.1. The van der Waals surface area contributed by atoms with E-state index in [0.29, 0.717) is 6.42 Å². The summed E-state index contributed by atoms with van der Waals surface area (Å²) in [5, 5.41) is 0. The predicted molar refractivity (Wildman–Crippen MR) is 55.9 cm³/mol. The molecule has 18 heavy (non-hydrogen) atoms. The highest BCUT2D eigenvalue weighted by Gasteiger charge is 2.46. The largest absolute Gasteiger partial charge is 0.419 e. The van der Waals surface area contributed by atoms with E-state index in [1.165, 1.54) is 0 Å². The molecule has 2 bridgehead atoms. The standard InChI is InChI=1S/C11H10F3N3O/c12-11(13,14)6-4-15-10(16-5-6)17-7-1-2-8(17)9(18)3-7/h4-5,7-8H,1-3H2. The number of alkyl halides is 3. The van der Waals surface area contributed by atoms with Crippen LogP contribution in [0.25, 0.3) is 0 Å². The van der Waals surface area contributed by atoms with Crippen LogP contribution in [0.15, 0.2) is 12.4 Å². The van der Waals surface area contributed by atoms with Gasteiger partial charge >= 0.3 is 6.18 Å². The highest BCUT2D eigenvalue weighted by Crippen LogP contribution is 2.37. The van der Waals surface area contributed by atoms with Gasteiger partial charge in [0, 0.05) is 24.9 Å². The monoisotopic (exact) mass is 257 g/mol. The van der Waals surface area contributed by atoms with Crippen LogP contribution in [0.5, 0.6) is 0 Å². The Labute approximate surface area is 101 Å². The molecule has 2 atom stereocenters. The highest BCUT2D eigenvalue weighted by atomic mass is 19.4. The van der Waals surface area contributed by atoms with E-state index in [9.17, 15) is 18.0 Å². The lowest BCUT2D eigenvalue weighted by atomic mass is 10.00. The lowest BCUT2D eigenvalue weighted by Gasteiger charge is -2.20. The third-order valence-electron chi connectivity index (χ3n) is 3.51. The van der Waals surface area contributed by atoms with Crippen molar-refractivity contribution >= 4 is 11.7 Å². The van der Waals surface area contributed by atoms with E-state index in [1.54, 1.807) is 4.90 Å². The van der Waals surface area contributed by atoms with Crippen LogP contribution in [-0.4, -0.2) is 27.8 Å². The second-order valence-electron chi connectivity index (χ2n) is 4.59. The zero-order valence-electron chi connectivity index (χ0n) is 9.31. The number of hydrogen-bond donors (Lipinski definition) is 0. The van der Waals surface area contributed by atoms with Crippen LogP contribution in [0.3, 0.4) is 0 Å². The third-order valence-corrected chi connectivity index (χ3v) is 3.51. The summed E-state index contributed by atoms with van der Waals surface area (Å²) in [6, 6.07) is -0.189. The van der Waals surface area contributed by atoms with Crippen LogP contribution in [0.2, 0.25) is 0 Å². The zero-order valence-corrected chi connectivity index (χ0v) is 9.31. The van der Waals surface area contributed by atoms with E-state index in [1.807, 2.05) is 0 Å². The van der Waals surface area contributed by atoms with Crippen LogP contribution in [0, 0.1) is 0 Å². The topological polar surface area (TPSA) is 46.1 Å². The molecule has 4 nitrogen and oxygen atoms in total. The smallest absolute Gasteiger partial charge is 0.327 e. The van der Waals surface area contributed by atoms with Crippen LogP contribution in [0.4, 0.5) is 19.1 Å². The number of aromatic nitrogens is 2. The number of nitrogens with zero attached hydrogens (tertiary/aromatic N) is 3. The maximum absolute atomic E-state index is 12.4. The number of hydrogen-bond acceptors (Lipinski definition) is 4. The van der Waals surface area contributed by atoms with E-state index in [0.717, 1.165) is 25.2 Å². The van der Waals surface area contributed by atoms with Crippen LogP contribution in [0.1, 0.15) is 24.8 Å². The predicted octanol–water partition coefficient (Wildman–Crippen LogP) is 1.81. The first-order chi connectivity index (χ1) is 8.47. The fourth-order valence-electron chi connectivity index (χ4n) is 2.67. The molecule has 2 aliphatic heterocycles. The average molecular weight is 257 g/mol. The lowest BCUT2D eigenvalue weighted by molar-refractivity contribution is -0.138. The molecule has 3 heterocycles. The quantitative estimate of drug-likeness (QED) is 0.769. The summed E-state index contributed by atoms with van der Waals surface area (Å²) in [6.07, 6.45) is -0.822. The van der Waals surface area contributed by atoms with Crippen LogP contribution >= 0.6 is 0 Å². The number of Topliss-reactive ketones (excluding diaryl/α,β-unsaturated/α-hetero) is 1. The first kappa shape index (κ1) is 11.4. The van der Waals surface area contributed by atoms with Gasteiger partial charge in [-0.1, -0.05) is 0 Å². The van der Waals surface area contributed by atoms with Gasteiger partial charge < -0.3 is 4.90 Å². The second kappa shape index (κ2) is 3.66. The number of anilines is 1. The Morgan fingerprint density at radius 3 is 2.33 bits per heavy atom. The van der Waals surface area contributed by atoms with Gasteiger partial charge in [-0.05, 0) is 12.8 Å². The summed E-state index contributed by atoms with van der Waals surface area (Å²) in [6.45, 7) is 0. The SMILES string of the molecule is O=C1CC2CCC1N2c1ncc(C(F)(F)F)cn1. The Morgan fingerprint density at radius 1 is 1.22 bits per heavy atom. The molecule has 2 unspecified atom stereocenters. The summed E-state index contributed by atoms with van der Waals surface area (Å²) in [5.74, 6) is 0.357. The first-order valence-electron chi connectivity index (χ1n) is 5.67. The lowest BCUT2D eigenvalue weighted by Crippen LogP contribution is -2.32. The molecule has 2 saturated heterocycles. The van der Waals surface area contributed by atoms with Crippen molar-refractivity contribution in [2.75, 3.05) is 4.90 Å². The third kappa shape index (κ3) is 1.65. The molecule has 3 rings (SSSR count). The number of carbonyl (C=O) groups excluding carboxylic acids is 1. The molecule has 1 aromatic rings. The fraction of sp³-hybridized carbons (Fsp3) is 0.545. The molecule has 2 aliphatic rings. The molecule has 0 radical (unpaired) electrons. The molecular weight excluding hydrogens is 247 g/mol. The van der Waals surface area contributed by atoms with Crippen molar-refractivity contribution in [2.45, 2.75) is 37.5 Å². The molecule has 1 aromatic heterocycles. The van der Waals surface area contributed by atoms with Gasteiger partial charge in [0.1, 0.15) is 0 Å². The zero-order chi connectivity index (χ0) is 12.9. The Hall–Kier alpha value is -1.66. The van der Waals surface area contributed by atoms with Gasteiger partial charge in [-0.2, -0.15) is 13.2 Å². The Kier molecular flexibility index (Phi) is 2.33. The van der Waals surface area contributed by atoms with Gasteiger partial charge in [0.2, 0.25) is 5.95 Å². The van der Waals surface area contributed by atoms with Crippen molar-refractivity contribution in [1.29, 1.82) is 0 Å². The van der Waals surface area contributed by atoms with Crippen molar-refractivity contribution in [2.24, 2.45) is 0 Å². The molecule has 0 N–H and O–H groups in total. The molecule has 2 fully saturated rings. The summed E-state index contributed by atoms with van der Waals surface area (Å²) in [5.41, 5.74) is -0.871. The molecule has 0 saturated carbocycles. The molecule has 0 spiro atoms.